The lowest BCUT2D eigenvalue weighted by Gasteiger charge is -2.33. The second-order valence-electron chi connectivity index (χ2n) is 7.49. The van der Waals surface area contributed by atoms with E-state index in [2.05, 4.69) is 0 Å². The van der Waals surface area contributed by atoms with E-state index in [0.717, 1.165) is 12.1 Å². The molecule has 8 heteroatoms. The Morgan fingerprint density at radius 1 is 1.41 bits per heavy atom. The highest BCUT2D eigenvalue weighted by Crippen LogP contribution is 2.43. The van der Waals surface area contributed by atoms with Gasteiger partial charge in [-0.05, 0) is 24.0 Å². The molecule has 0 aliphatic carbocycles. The molecule has 2 aliphatic rings. The molecule has 5 nitrogen and oxygen atoms in total. The van der Waals surface area contributed by atoms with Crippen LogP contribution in [0.1, 0.15) is 36.8 Å². The highest BCUT2D eigenvalue weighted by molar-refractivity contribution is 5.81. The fourth-order valence-electron chi connectivity index (χ4n) is 4.02. The van der Waals surface area contributed by atoms with Crippen LogP contribution >= 0.6 is 0 Å². The summed E-state index contributed by atoms with van der Waals surface area (Å²) in [6.07, 6.45) is -4.04. The number of likely N-dealkylation sites (tertiary alicyclic amines) is 1. The average molecular weight is 385 g/mol. The van der Waals surface area contributed by atoms with Crippen molar-refractivity contribution in [3.8, 4) is 0 Å². The molecule has 27 heavy (non-hydrogen) atoms. The van der Waals surface area contributed by atoms with Crippen LogP contribution in [0.2, 0.25) is 0 Å². The van der Waals surface area contributed by atoms with E-state index in [0.29, 0.717) is 31.7 Å². The standard InChI is InChI=1S/C19H22F3NO4/c1-12(13-3-2-4-14(8-13)19(20,21)22)7-16(24)23-9-15-10-27-6-5-18(15,11-23)17(25)26/h2-4,8,12,15H,5-7,9-11H2,1H3,(H,25,26)/t12?,15-,18+/m0/s1. The van der Waals surface area contributed by atoms with Gasteiger partial charge in [0.1, 0.15) is 0 Å². The first kappa shape index (κ1) is 19.7. The molecule has 1 N–H and O–H groups in total. The van der Waals surface area contributed by atoms with E-state index in [1.165, 1.54) is 11.0 Å². The number of benzene rings is 1. The summed E-state index contributed by atoms with van der Waals surface area (Å²) in [5.41, 5.74) is -1.28. The van der Waals surface area contributed by atoms with Crippen molar-refractivity contribution < 1.29 is 32.6 Å². The maximum absolute atomic E-state index is 12.9. The third-order valence-corrected chi connectivity index (χ3v) is 5.75. The maximum atomic E-state index is 12.9. The molecule has 2 aliphatic heterocycles. The van der Waals surface area contributed by atoms with Crippen molar-refractivity contribution in [3.05, 3.63) is 35.4 Å². The van der Waals surface area contributed by atoms with Crippen LogP contribution < -0.4 is 0 Å². The number of ether oxygens (including phenoxy) is 1. The summed E-state index contributed by atoms with van der Waals surface area (Å²) in [5.74, 6) is -1.82. The van der Waals surface area contributed by atoms with E-state index in [1.807, 2.05) is 0 Å². The van der Waals surface area contributed by atoms with Gasteiger partial charge in [-0.1, -0.05) is 25.1 Å². The normalized spacial score (nSPS) is 26.5. The van der Waals surface area contributed by atoms with Crippen molar-refractivity contribution in [3.63, 3.8) is 0 Å². The van der Waals surface area contributed by atoms with Crippen LogP contribution in [-0.4, -0.2) is 48.2 Å². The molecule has 2 saturated heterocycles. The summed E-state index contributed by atoms with van der Waals surface area (Å²) < 4.78 is 44.0. The van der Waals surface area contributed by atoms with E-state index >= 15 is 0 Å². The minimum Gasteiger partial charge on any atom is -0.481 e. The van der Waals surface area contributed by atoms with Gasteiger partial charge in [0, 0.05) is 32.0 Å². The molecule has 3 atom stereocenters. The molecular formula is C19H22F3NO4. The molecule has 2 fully saturated rings. The molecule has 1 aromatic rings. The second-order valence-corrected chi connectivity index (χ2v) is 7.49. The number of halogens is 3. The summed E-state index contributed by atoms with van der Waals surface area (Å²) in [6.45, 7) is 2.79. The Bertz CT molecular complexity index is 736. The lowest BCUT2D eigenvalue weighted by molar-refractivity contribution is -0.157. The van der Waals surface area contributed by atoms with Crippen LogP contribution in [0.15, 0.2) is 24.3 Å². The first-order chi connectivity index (χ1) is 12.6. The van der Waals surface area contributed by atoms with Gasteiger partial charge in [0.15, 0.2) is 0 Å². The third kappa shape index (κ3) is 3.81. The number of alkyl halides is 3. The first-order valence-electron chi connectivity index (χ1n) is 8.89. The van der Waals surface area contributed by atoms with Gasteiger partial charge in [0.05, 0.1) is 17.6 Å². The molecule has 0 saturated carbocycles. The first-order valence-corrected chi connectivity index (χ1v) is 8.89. The number of rotatable bonds is 4. The zero-order valence-corrected chi connectivity index (χ0v) is 15.0. The van der Waals surface area contributed by atoms with Crippen molar-refractivity contribution >= 4 is 11.9 Å². The van der Waals surface area contributed by atoms with E-state index in [1.54, 1.807) is 13.0 Å². The van der Waals surface area contributed by atoms with Crippen molar-refractivity contribution in [2.24, 2.45) is 11.3 Å². The minimum atomic E-state index is -4.43. The highest BCUT2D eigenvalue weighted by Gasteiger charge is 2.54. The number of carboxylic acids is 1. The lowest BCUT2D eigenvalue weighted by atomic mass is 9.74. The number of carbonyl (C=O) groups excluding carboxylic acids is 1. The Kier molecular flexibility index (Phi) is 5.20. The topological polar surface area (TPSA) is 66.8 Å². The largest absolute Gasteiger partial charge is 0.481 e. The molecule has 3 rings (SSSR count). The molecule has 0 bridgehead atoms. The quantitative estimate of drug-likeness (QED) is 0.865. The summed E-state index contributed by atoms with van der Waals surface area (Å²) in [5, 5.41) is 9.67. The Morgan fingerprint density at radius 3 is 2.78 bits per heavy atom. The number of carboxylic acid groups (broad SMARTS) is 1. The van der Waals surface area contributed by atoms with Crippen molar-refractivity contribution in [2.45, 2.75) is 31.9 Å². The number of carbonyl (C=O) groups is 2. The zero-order chi connectivity index (χ0) is 19.8. The molecule has 0 spiro atoms. The number of hydrogen-bond acceptors (Lipinski definition) is 3. The van der Waals surface area contributed by atoms with Crippen molar-refractivity contribution in [2.75, 3.05) is 26.3 Å². The molecule has 148 valence electrons. The number of nitrogens with zero attached hydrogens (tertiary/aromatic N) is 1. The van der Waals surface area contributed by atoms with Gasteiger partial charge in [-0.3, -0.25) is 9.59 Å². The van der Waals surface area contributed by atoms with Crippen LogP contribution in [0, 0.1) is 11.3 Å². The smallest absolute Gasteiger partial charge is 0.416 e. The van der Waals surface area contributed by atoms with E-state index in [9.17, 15) is 27.9 Å². The SMILES string of the molecule is CC(CC(=O)N1C[C@H]2COCC[C@@]2(C(=O)O)C1)c1cccc(C(F)(F)F)c1. The predicted molar refractivity (Wildman–Crippen MR) is 90.1 cm³/mol. The van der Waals surface area contributed by atoms with Gasteiger partial charge in [0.2, 0.25) is 5.91 Å². The number of aliphatic carboxylic acids is 1. The van der Waals surface area contributed by atoms with Gasteiger partial charge in [-0.2, -0.15) is 13.2 Å². The van der Waals surface area contributed by atoms with E-state index < -0.39 is 29.0 Å². The number of amides is 1. The van der Waals surface area contributed by atoms with Crippen molar-refractivity contribution in [1.82, 2.24) is 4.90 Å². The Hall–Kier alpha value is -2.09. The Balaban J connectivity index is 1.70. The molecule has 1 amide bonds. The summed E-state index contributed by atoms with van der Waals surface area (Å²) in [6, 6.07) is 4.97. The van der Waals surface area contributed by atoms with Crippen LogP contribution in [-0.2, 0) is 20.5 Å². The highest BCUT2D eigenvalue weighted by atomic mass is 19.4. The third-order valence-electron chi connectivity index (χ3n) is 5.75. The van der Waals surface area contributed by atoms with Crippen LogP contribution in [0.5, 0.6) is 0 Å². The Morgan fingerprint density at radius 2 is 2.15 bits per heavy atom. The molecular weight excluding hydrogens is 363 g/mol. The van der Waals surface area contributed by atoms with Crippen LogP contribution in [0.4, 0.5) is 13.2 Å². The zero-order valence-electron chi connectivity index (χ0n) is 15.0. The number of hydrogen-bond donors (Lipinski definition) is 1. The molecule has 1 unspecified atom stereocenters. The monoisotopic (exact) mass is 385 g/mol. The predicted octanol–water partition coefficient (Wildman–Crippen LogP) is 3.15. The average Bonchev–Trinajstić information content (AvgIpc) is 3.02. The molecule has 0 aromatic heterocycles. The maximum Gasteiger partial charge on any atom is 0.416 e. The Labute approximate surface area is 155 Å². The minimum absolute atomic E-state index is 0.0323. The van der Waals surface area contributed by atoms with Gasteiger partial charge in [-0.25, -0.2) is 0 Å². The van der Waals surface area contributed by atoms with Gasteiger partial charge < -0.3 is 14.7 Å². The lowest BCUT2D eigenvalue weighted by Crippen LogP contribution is -2.45. The second kappa shape index (κ2) is 7.14. The van der Waals surface area contributed by atoms with E-state index in [-0.39, 0.29) is 24.8 Å². The fourth-order valence-corrected chi connectivity index (χ4v) is 4.02. The molecule has 2 heterocycles. The number of fused-ring (bicyclic) bond motifs is 1. The van der Waals surface area contributed by atoms with Crippen LogP contribution in [0.3, 0.4) is 0 Å². The summed E-state index contributed by atoms with van der Waals surface area (Å²) in [7, 11) is 0. The molecule has 0 radical (unpaired) electrons. The van der Waals surface area contributed by atoms with Gasteiger partial charge >= 0.3 is 12.1 Å². The van der Waals surface area contributed by atoms with Gasteiger partial charge in [-0.15, -0.1) is 0 Å². The molecule has 1 aromatic carbocycles. The van der Waals surface area contributed by atoms with Gasteiger partial charge in [0.25, 0.3) is 0 Å². The van der Waals surface area contributed by atoms with E-state index in [4.69, 9.17) is 4.74 Å². The van der Waals surface area contributed by atoms with Crippen molar-refractivity contribution in [1.29, 1.82) is 0 Å². The summed E-state index contributed by atoms with van der Waals surface area (Å²) >= 11 is 0. The summed E-state index contributed by atoms with van der Waals surface area (Å²) in [4.78, 5) is 26.0. The van der Waals surface area contributed by atoms with Crippen LogP contribution in [0.25, 0.3) is 0 Å². The fraction of sp³-hybridized carbons (Fsp3) is 0.579.